The normalized spacial score (nSPS) is 12.0. The number of benzene rings is 15. The number of hydrogen-bond acceptors (Lipinski definition) is 2. The summed E-state index contributed by atoms with van der Waals surface area (Å²) in [6.45, 7) is 2.14. The van der Waals surface area contributed by atoms with E-state index in [-0.39, 0.29) is 0 Å². The predicted octanol–water partition coefficient (Wildman–Crippen LogP) is 23.8. The highest BCUT2D eigenvalue weighted by atomic mass is 15.0. The summed E-state index contributed by atoms with van der Waals surface area (Å²) in [5.41, 5.74) is 25.2. The van der Waals surface area contributed by atoms with Gasteiger partial charge in [0.15, 0.2) is 5.82 Å². The summed E-state index contributed by atoms with van der Waals surface area (Å²) in [7, 11) is 0. The lowest BCUT2D eigenvalue weighted by Gasteiger charge is -2.17. The molecule has 20 aromatic rings. The first-order chi connectivity index (χ1) is 48.1. The highest BCUT2D eigenvalue weighted by Gasteiger charge is 2.26. The first-order valence-corrected chi connectivity index (χ1v) is 33.3. The highest BCUT2D eigenvalue weighted by Crippen LogP contribution is 2.48. The first kappa shape index (κ1) is 54.6. The summed E-state index contributed by atoms with van der Waals surface area (Å²) in [5.74, 6) is 0.632. The van der Waals surface area contributed by atoms with Crippen molar-refractivity contribution >= 4 is 109 Å². The molecule has 6 nitrogen and oxygen atoms in total. The van der Waals surface area contributed by atoms with E-state index >= 15 is 0 Å². The Hall–Kier alpha value is -12.9. The summed E-state index contributed by atoms with van der Waals surface area (Å²) < 4.78 is 9.79. The van der Waals surface area contributed by atoms with Crippen molar-refractivity contribution in [3.63, 3.8) is 0 Å². The zero-order chi connectivity index (χ0) is 63.8. The van der Waals surface area contributed by atoms with Gasteiger partial charge < -0.3 is 18.3 Å². The lowest BCUT2D eigenvalue weighted by atomic mass is 9.95. The molecule has 97 heavy (non-hydrogen) atoms. The van der Waals surface area contributed by atoms with Crippen molar-refractivity contribution in [1.82, 2.24) is 28.2 Å². The third-order valence-electron chi connectivity index (χ3n) is 20.2. The van der Waals surface area contributed by atoms with Crippen LogP contribution in [0.5, 0.6) is 0 Å². The van der Waals surface area contributed by atoms with Gasteiger partial charge in [-0.1, -0.05) is 236 Å². The molecule has 15 aromatic carbocycles. The third-order valence-corrected chi connectivity index (χ3v) is 20.2. The van der Waals surface area contributed by atoms with E-state index in [9.17, 15) is 0 Å². The van der Waals surface area contributed by atoms with Gasteiger partial charge in [-0.2, -0.15) is 0 Å². The van der Waals surface area contributed by atoms with Crippen molar-refractivity contribution in [2.24, 2.45) is 0 Å². The lowest BCUT2D eigenvalue weighted by Crippen LogP contribution is -2.02. The molecule has 0 aliphatic carbocycles. The Morgan fingerprint density at radius 1 is 0.227 bits per heavy atom. The minimum absolute atomic E-state index is 0.632. The van der Waals surface area contributed by atoms with Gasteiger partial charge in [-0.3, -0.25) is 0 Å². The zero-order valence-electron chi connectivity index (χ0n) is 52.9. The number of fused-ring (bicyclic) bond motifs is 15. The summed E-state index contributed by atoms with van der Waals surface area (Å²) in [6.07, 6.45) is 0. The maximum Gasteiger partial charge on any atom is 0.160 e. The van der Waals surface area contributed by atoms with Gasteiger partial charge in [0.25, 0.3) is 0 Å². The van der Waals surface area contributed by atoms with E-state index in [0.29, 0.717) is 5.82 Å². The van der Waals surface area contributed by atoms with Crippen LogP contribution in [-0.2, 0) is 0 Å². The molecule has 0 aliphatic rings. The quantitative estimate of drug-likeness (QED) is 0.135. The molecule has 0 unspecified atom stereocenters. The van der Waals surface area contributed by atoms with Crippen LogP contribution in [-0.4, -0.2) is 28.2 Å². The van der Waals surface area contributed by atoms with E-state index < -0.39 is 0 Å². The van der Waals surface area contributed by atoms with Gasteiger partial charge in [0.1, 0.15) is 0 Å². The lowest BCUT2D eigenvalue weighted by molar-refractivity contribution is 1.13. The number of aryl methyl sites for hydroxylation is 1. The monoisotopic (exact) mass is 1230 g/mol. The average Bonchev–Trinajstić information content (AvgIpc) is 1.59. The summed E-state index contributed by atoms with van der Waals surface area (Å²) in [4.78, 5) is 11.6. The molecule has 0 aliphatic heterocycles. The molecule has 5 heterocycles. The summed E-state index contributed by atoms with van der Waals surface area (Å²) >= 11 is 0. The molecule has 0 N–H and O–H groups in total. The second-order valence-corrected chi connectivity index (χ2v) is 25.6. The third kappa shape index (κ3) is 8.40. The first-order valence-electron chi connectivity index (χ1n) is 33.3. The van der Waals surface area contributed by atoms with Gasteiger partial charge in [0, 0.05) is 82.4 Å². The largest absolute Gasteiger partial charge is 0.309 e. The number of nitrogens with zero attached hydrogens (tertiary/aromatic N) is 6. The predicted molar refractivity (Wildman–Crippen MR) is 406 cm³/mol. The van der Waals surface area contributed by atoms with E-state index in [2.05, 4.69) is 359 Å². The van der Waals surface area contributed by atoms with Crippen molar-refractivity contribution in [1.29, 1.82) is 0 Å². The van der Waals surface area contributed by atoms with Crippen LogP contribution in [0.15, 0.2) is 334 Å². The second-order valence-electron chi connectivity index (χ2n) is 25.6. The van der Waals surface area contributed by atoms with Crippen LogP contribution >= 0.6 is 0 Å². The van der Waals surface area contributed by atoms with Gasteiger partial charge in [0.2, 0.25) is 0 Å². The molecule has 0 fully saturated rings. The molecule has 20 rings (SSSR count). The number of aromatic nitrogens is 6. The zero-order valence-corrected chi connectivity index (χ0v) is 52.9. The molecule has 0 radical (unpaired) electrons. The fourth-order valence-corrected chi connectivity index (χ4v) is 16.1. The van der Waals surface area contributed by atoms with Crippen LogP contribution in [0.4, 0.5) is 0 Å². The standard InChI is InChI=1S/C91H58N6/c1-57-47-49-58(50-48-57)60-24-18-25-61(53-60)90-89-67-30-9-8-23-59(67)51-52-76(89)92-91(93-90)62-54-65(96-79-41-16-12-33-74(79)87-70(37-21-45-83(87)96)68-35-19-43-81-85(68)72-31-10-14-39-77(72)94(81)63-26-4-2-5-27-63)56-66(55-62)97-80-42-17-13-34-75(80)88-71(38-22-46-84(88)97)69-36-20-44-82-86(69)73-32-11-15-40-78(73)95(82)64-28-6-3-7-29-64/h2-56H,1H3. The van der Waals surface area contributed by atoms with E-state index in [1.165, 1.54) is 71.2 Å². The van der Waals surface area contributed by atoms with Gasteiger partial charge in [-0.15, -0.1) is 0 Å². The topological polar surface area (TPSA) is 45.5 Å². The van der Waals surface area contributed by atoms with Crippen LogP contribution in [0.3, 0.4) is 0 Å². The fourth-order valence-electron chi connectivity index (χ4n) is 16.1. The molecular formula is C91H58N6. The molecule has 0 bridgehead atoms. The molecule has 5 aromatic heterocycles. The SMILES string of the molecule is Cc1ccc(-c2cccc(-c3nc(-c4cc(-n5c6ccccc6c6c(-c7cccc8c7c7ccccc7n8-c7ccccc7)cccc65)cc(-n5c6ccccc6c6c(-c7cccc8c7c7ccccc7n8-c7ccccc7)cccc65)c4)nc4ccc5ccccc5c34)c2)cc1. The van der Waals surface area contributed by atoms with Crippen LogP contribution in [0.2, 0.25) is 0 Å². The van der Waals surface area contributed by atoms with Gasteiger partial charge in [-0.05, 0) is 154 Å². The second kappa shape index (κ2) is 21.6. The Labute approximate surface area is 558 Å². The van der Waals surface area contributed by atoms with Crippen LogP contribution < -0.4 is 0 Å². The Morgan fingerprint density at radius 3 is 1.07 bits per heavy atom. The summed E-state index contributed by atoms with van der Waals surface area (Å²) in [5, 5.41) is 12.8. The van der Waals surface area contributed by atoms with Crippen molar-refractivity contribution in [3.8, 4) is 78.8 Å². The molecule has 0 amide bonds. The van der Waals surface area contributed by atoms with Crippen molar-refractivity contribution < 1.29 is 0 Å². The number of rotatable bonds is 9. The highest BCUT2D eigenvalue weighted by molar-refractivity contribution is 6.24. The van der Waals surface area contributed by atoms with E-state index in [0.717, 1.165) is 116 Å². The Morgan fingerprint density at radius 2 is 0.608 bits per heavy atom. The van der Waals surface area contributed by atoms with Gasteiger partial charge in [-0.25, -0.2) is 9.97 Å². The van der Waals surface area contributed by atoms with Gasteiger partial charge >= 0.3 is 0 Å². The smallest absolute Gasteiger partial charge is 0.160 e. The maximum absolute atomic E-state index is 5.86. The molecule has 452 valence electrons. The number of hydrogen-bond donors (Lipinski definition) is 0. The molecular weight excluding hydrogens is 1180 g/mol. The van der Waals surface area contributed by atoms with Crippen molar-refractivity contribution in [2.45, 2.75) is 6.92 Å². The minimum atomic E-state index is 0.632. The number of para-hydroxylation sites is 6. The van der Waals surface area contributed by atoms with Crippen molar-refractivity contribution in [2.75, 3.05) is 0 Å². The molecule has 0 saturated heterocycles. The van der Waals surface area contributed by atoms with Crippen LogP contribution in [0, 0.1) is 6.92 Å². The van der Waals surface area contributed by atoms with Gasteiger partial charge in [0.05, 0.1) is 55.3 Å². The summed E-state index contributed by atoms with van der Waals surface area (Å²) in [6, 6.07) is 122. The molecule has 0 atom stereocenters. The fraction of sp³-hybridized carbons (Fsp3) is 0.0110. The van der Waals surface area contributed by atoms with Crippen LogP contribution in [0.1, 0.15) is 5.56 Å². The average molecular weight is 1240 g/mol. The van der Waals surface area contributed by atoms with Crippen molar-refractivity contribution in [3.05, 3.63) is 339 Å². The van der Waals surface area contributed by atoms with E-state index in [1.807, 2.05) is 0 Å². The Kier molecular flexibility index (Phi) is 12.2. The molecule has 0 saturated carbocycles. The molecule has 0 spiro atoms. The Bertz CT molecular complexity index is 6330. The Balaban J connectivity index is 0.870. The minimum Gasteiger partial charge on any atom is -0.309 e. The molecule has 6 heteroatoms. The van der Waals surface area contributed by atoms with E-state index in [1.54, 1.807) is 0 Å². The van der Waals surface area contributed by atoms with Crippen LogP contribution in [0.25, 0.3) is 188 Å². The van der Waals surface area contributed by atoms with E-state index in [4.69, 9.17) is 9.97 Å². The maximum atomic E-state index is 5.86.